The third-order valence-corrected chi connectivity index (χ3v) is 8.60. The average Bonchev–Trinajstić information content (AvgIpc) is 2.89. The van der Waals surface area contributed by atoms with E-state index in [1.165, 1.54) is 0 Å². The molecule has 36 heavy (non-hydrogen) atoms. The average molecular weight is 541 g/mol. The Hall–Kier alpha value is -2.51. The summed E-state index contributed by atoms with van der Waals surface area (Å²) in [6, 6.07) is 23.3. The van der Waals surface area contributed by atoms with E-state index in [0.717, 1.165) is 61.0 Å². The summed E-state index contributed by atoms with van der Waals surface area (Å²) in [4.78, 5) is 32.9. The second-order valence-corrected chi connectivity index (χ2v) is 11.0. The number of halogens is 2. The molecule has 2 aliphatic heterocycles. The SMILES string of the molecule is O=C(c1ccccc1)N1CCN(C2CN(C(=O)c3ccc(SCc4ccc(Cl)c(Cl)c4)cc3)C2)CC1. The maximum Gasteiger partial charge on any atom is 0.253 e. The molecule has 186 valence electrons. The molecule has 0 aliphatic carbocycles. The molecular weight excluding hydrogens is 513 g/mol. The standard InChI is InChI=1S/C28H27Cl2N3O2S/c29-25-11-6-20(16-26(25)30)19-36-24-9-7-22(8-10-24)28(35)33-17-23(18-33)31-12-14-32(15-13-31)27(34)21-4-2-1-3-5-21/h1-11,16,23H,12-15,17-19H2. The van der Waals surface area contributed by atoms with Crippen LogP contribution in [0.15, 0.2) is 77.7 Å². The van der Waals surface area contributed by atoms with E-state index in [2.05, 4.69) is 4.90 Å². The van der Waals surface area contributed by atoms with Crippen LogP contribution in [0.5, 0.6) is 0 Å². The van der Waals surface area contributed by atoms with E-state index in [-0.39, 0.29) is 11.8 Å². The molecule has 8 heteroatoms. The van der Waals surface area contributed by atoms with Crippen molar-refractivity contribution in [3.63, 3.8) is 0 Å². The van der Waals surface area contributed by atoms with Gasteiger partial charge in [-0.25, -0.2) is 0 Å². The van der Waals surface area contributed by atoms with Gasteiger partial charge in [0.2, 0.25) is 0 Å². The van der Waals surface area contributed by atoms with Crippen molar-refractivity contribution in [3.8, 4) is 0 Å². The minimum atomic E-state index is 0.0742. The molecule has 2 amide bonds. The van der Waals surface area contributed by atoms with E-state index < -0.39 is 0 Å². The van der Waals surface area contributed by atoms with Gasteiger partial charge in [-0.1, -0.05) is 47.5 Å². The van der Waals surface area contributed by atoms with Crippen LogP contribution in [0, 0.1) is 0 Å². The van der Waals surface area contributed by atoms with Gasteiger partial charge in [-0.2, -0.15) is 0 Å². The van der Waals surface area contributed by atoms with Crippen molar-refractivity contribution in [2.75, 3.05) is 39.3 Å². The molecule has 2 aliphatic rings. The number of likely N-dealkylation sites (tertiary alicyclic amines) is 1. The molecule has 0 saturated carbocycles. The summed E-state index contributed by atoms with van der Waals surface area (Å²) in [7, 11) is 0. The second kappa shape index (κ2) is 11.3. The molecule has 2 fully saturated rings. The summed E-state index contributed by atoms with van der Waals surface area (Å²) in [5.41, 5.74) is 2.56. The number of nitrogens with zero attached hydrogens (tertiary/aromatic N) is 3. The third-order valence-electron chi connectivity index (χ3n) is 6.78. The number of piperazine rings is 1. The first-order valence-corrected chi connectivity index (χ1v) is 13.8. The lowest BCUT2D eigenvalue weighted by atomic mass is 10.0. The summed E-state index contributed by atoms with van der Waals surface area (Å²) in [6.07, 6.45) is 0. The van der Waals surface area contributed by atoms with Gasteiger partial charge in [-0.05, 0) is 54.1 Å². The number of rotatable bonds is 6. The van der Waals surface area contributed by atoms with Crippen LogP contribution in [0.2, 0.25) is 10.0 Å². The van der Waals surface area contributed by atoms with E-state index in [1.807, 2.05) is 82.6 Å². The molecular formula is C28H27Cl2N3O2S. The van der Waals surface area contributed by atoms with Crippen molar-refractivity contribution < 1.29 is 9.59 Å². The predicted molar refractivity (Wildman–Crippen MR) is 146 cm³/mol. The van der Waals surface area contributed by atoms with E-state index in [4.69, 9.17) is 23.2 Å². The lowest BCUT2D eigenvalue weighted by Crippen LogP contribution is -2.64. The van der Waals surface area contributed by atoms with Gasteiger partial charge in [0, 0.05) is 67.1 Å². The van der Waals surface area contributed by atoms with Crippen LogP contribution in [0.25, 0.3) is 0 Å². The van der Waals surface area contributed by atoms with Crippen LogP contribution < -0.4 is 0 Å². The molecule has 3 aromatic rings. The van der Waals surface area contributed by atoms with Crippen LogP contribution >= 0.6 is 35.0 Å². The van der Waals surface area contributed by atoms with Crippen LogP contribution in [0.1, 0.15) is 26.3 Å². The number of amides is 2. The molecule has 3 aromatic carbocycles. The lowest BCUT2D eigenvalue weighted by Gasteiger charge is -2.48. The van der Waals surface area contributed by atoms with Crippen molar-refractivity contribution in [2.24, 2.45) is 0 Å². The largest absolute Gasteiger partial charge is 0.336 e. The van der Waals surface area contributed by atoms with Crippen LogP contribution in [0.4, 0.5) is 0 Å². The Kier molecular flexibility index (Phi) is 7.87. The Morgan fingerprint density at radius 3 is 2.06 bits per heavy atom. The number of benzene rings is 3. The van der Waals surface area contributed by atoms with Gasteiger partial charge in [0.05, 0.1) is 10.0 Å². The lowest BCUT2D eigenvalue weighted by molar-refractivity contribution is 0.00853. The quantitative estimate of drug-likeness (QED) is 0.384. The highest BCUT2D eigenvalue weighted by Gasteiger charge is 2.37. The molecule has 0 spiro atoms. The zero-order chi connectivity index (χ0) is 25.1. The summed E-state index contributed by atoms with van der Waals surface area (Å²) in [6.45, 7) is 4.60. The van der Waals surface area contributed by atoms with Crippen LogP contribution in [-0.4, -0.2) is 71.8 Å². The number of thioether (sulfide) groups is 1. The molecule has 2 saturated heterocycles. The summed E-state index contributed by atoms with van der Waals surface area (Å²) >= 11 is 13.8. The number of hydrogen-bond acceptors (Lipinski definition) is 4. The van der Waals surface area contributed by atoms with Crippen molar-refractivity contribution in [1.29, 1.82) is 0 Å². The van der Waals surface area contributed by atoms with E-state index in [0.29, 0.717) is 21.7 Å². The fraction of sp³-hybridized carbons (Fsp3) is 0.286. The van der Waals surface area contributed by atoms with Gasteiger partial charge in [0.25, 0.3) is 11.8 Å². The van der Waals surface area contributed by atoms with E-state index in [1.54, 1.807) is 11.8 Å². The smallest absolute Gasteiger partial charge is 0.253 e. The second-order valence-electron chi connectivity index (χ2n) is 9.12. The molecule has 2 heterocycles. The van der Waals surface area contributed by atoms with Crippen molar-refractivity contribution in [3.05, 3.63) is 99.5 Å². The number of carbonyl (C=O) groups excluding carboxylic acids is 2. The molecule has 0 radical (unpaired) electrons. The van der Waals surface area contributed by atoms with Crippen LogP contribution in [-0.2, 0) is 5.75 Å². The topological polar surface area (TPSA) is 43.9 Å². The Labute approximate surface area is 226 Å². The fourth-order valence-electron chi connectivity index (χ4n) is 4.58. The zero-order valence-corrected chi connectivity index (χ0v) is 22.1. The highest BCUT2D eigenvalue weighted by molar-refractivity contribution is 7.98. The van der Waals surface area contributed by atoms with Gasteiger partial charge in [-0.3, -0.25) is 14.5 Å². The predicted octanol–water partition coefficient (Wildman–Crippen LogP) is 5.57. The highest BCUT2D eigenvalue weighted by atomic mass is 35.5. The fourth-order valence-corrected chi connectivity index (χ4v) is 5.74. The first-order chi connectivity index (χ1) is 17.5. The normalized spacial score (nSPS) is 16.6. The molecule has 5 rings (SSSR count). The summed E-state index contributed by atoms with van der Waals surface area (Å²) in [5, 5.41) is 1.12. The molecule has 0 N–H and O–H groups in total. The minimum Gasteiger partial charge on any atom is -0.336 e. The monoisotopic (exact) mass is 539 g/mol. The number of hydrogen-bond donors (Lipinski definition) is 0. The van der Waals surface area contributed by atoms with Gasteiger partial charge in [0.1, 0.15) is 0 Å². The van der Waals surface area contributed by atoms with Gasteiger partial charge < -0.3 is 9.80 Å². The van der Waals surface area contributed by atoms with Crippen molar-refractivity contribution in [2.45, 2.75) is 16.7 Å². The third kappa shape index (κ3) is 5.73. The van der Waals surface area contributed by atoms with E-state index in [9.17, 15) is 9.59 Å². The first-order valence-electron chi connectivity index (χ1n) is 12.0. The summed E-state index contributed by atoms with van der Waals surface area (Å²) in [5.74, 6) is 0.951. The molecule has 0 unspecified atom stereocenters. The Bertz CT molecular complexity index is 1230. The minimum absolute atomic E-state index is 0.0742. The van der Waals surface area contributed by atoms with Crippen molar-refractivity contribution in [1.82, 2.24) is 14.7 Å². The van der Waals surface area contributed by atoms with E-state index >= 15 is 0 Å². The zero-order valence-electron chi connectivity index (χ0n) is 19.8. The van der Waals surface area contributed by atoms with Gasteiger partial charge in [0.15, 0.2) is 0 Å². The molecule has 5 nitrogen and oxygen atoms in total. The maximum atomic E-state index is 12.9. The highest BCUT2D eigenvalue weighted by Crippen LogP contribution is 2.28. The Balaban J connectivity index is 1.07. The molecule has 0 atom stereocenters. The molecule has 0 aromatic heterocycles. The number of carbonyl (C=O) groups is 2. The molecule has 0 bridgehead atoms. The van der Waals surface area contributed by atoms with Crippen LogP contribution in [0.3, 0.4) is 0 Å². The Morgan fingerprint density at radius 2 is 1.39 bits per heavy atom. The van der Waals surface area contributed by atoms with Gasteiger partial charge in [-0.15, -0.1) is 11.8 Å². The first kappa shape index (κ1) is 25.2. The van der Waals surface area contributed by atoms with Gasteiger partial charge >= 0.3 is 0 Å². The maximum absolute atomic E-state index is 12.9. The Morgan fingerprint density at radius 1 is 0.750 bits per heavy atom. The summed E-state index contributed by atoms with van der Waals surface area (Å²) < 4.78 is 0. The van der Waals surface area contributed by atoms with Crippen molar-refractivity contribution >= 4 is 46.8 Å².